The number of benzene rings is 1. The summed E-state index contributed by atoms with van der Waals surface area (Å²) in [6.07, 6.45) is 5.62. The third kappa shape index (κ3) is 5.06. The van der Waals surface area contributed by atoms with Crippen LogP contribution in [0.2, 0.25) is 0 Å². The average molecular weight is 293 g/mol. The Kier molecular flexibility index (Phi) is 5.54. The first-order valence-corrected chi connectivity index (χ1v) is 7.22. The van der Waals surface area contributed by atoms with Gasteiger partial charge in [-0.2, -0.15) is 0 Å². The Morgan fingerprint density at radius 2 is 1.86 bits per heavy atom. The molecule has 0 aliphatic heterocycles. The fourth-order valence-corrected chi connectivity index (χ4v) is 2.34. The number of nitro benzene ring substituents is 1. The summed E-state index contributed by atoms with van der Waals surface area (Å²) in [6.45, 7) is 0.212. The molecule has 2 rings (SSSR count). The van der Waals surface area contributed by atoms with E-state index >= 15 is 0 Å². The first kappa shape index (κ1) is 15.3. The van der Waals surface area contributed by atoms with Crippen LogP contribution in [0.1, 0.15) is 38.5 Å². The Balaban J connectivity index is 1.68. The highest BCUT2D eigenvalue weighted by Gasteiger charge is 2.17. The zero-order valence-corrected chi connectivity index (χ0v) is 11.8. The summed E-state index contributed by atoms with van der Waals surface area (Å²) in [4.78, 5) is 21.7. The van der Waals surface area contributed by atoms with Crippen molar-refractivity contribution < 1.29 is 19.2 Å². The summed E-state index contributed by atoms with van der Waals surface area (Å²) in [5.41, 5.74) is 0.0130. The van der Waals surface area contributed by atoms with E-state index in [1.54, 1.807) is 0 Å². The molecule has 1 aromatic rings. The van der Waals surface area contributed by atoms with E-state index in [9.17, 15) is 14.9 Å². The molecule has 0 atom stereocenters. The first-order valence-electron chi connectivity index (χ1n) is 7.22. The van der Waals surface area contributed by atoms with Crippen molar-refractivity contribution in [3.63, 3.8) is 0 Å². The summed E-state index contributed by atoms with van der Waals surface area (Å²) in [7, 11) is 0. The molecule has 6 nitrogen and oxygen atoms in total. The molecule has 0 amide bonds. The number of non-ortho nitro benzene ring substituents is 1. The minimum atomic E-state index is -0.467. The van der Waals surface area contributed by atoms with Crippen LogP contribution in [0.25, 0.3) is 0 Å². The number of carbonyl (C=O) groups is 1. The average Bonchev–Trinajstić information content (AvgIpc) is 2.49. The van der Waals surface area contributed by atoms with Gasteiger partial charge in [0, 0.05) is 12.1 Å². The molecule has 0 saturated heterocycles. The molecule has 0 heterocycles. The number of hydrogen-bond donors (Lipinski definition) is 0. The Morgan fingerprint density at radius 3 is 2.48 bits per heavy atom. The Labute approximate surface area is 123 Å². The van der Waals surface area contributed by atoms with Crippen LogP contribution in [0.15, 0.2) is 24.3 Å². The number of nitrogens with zero attached hydrogens (tertiary/aromatic N) is 1. The maximum Gasteiger partial charge on any atom is 0.309 e. The van der Waals surface area contributed by atoms with E-state index in [1.165, 1.54) is 30.7 Å². The van der Waals surface area contributed by atoms with Gasteiger partial charge in [0.1, 0.15) is 11.9 Å². The van der Waals surface area contributed by atoms with E-state index in [0.717, 1.165) is 25.7 Å². The highest BCUT2D eigenvalue weighted by molar-refractivity contribution is 5.69. The molecule has 1 aliphatic carbocycles. The molecule has 21 heavy (non-hydrogen) atoms. The lowest BCUT2D eigenvalue weighted by molar-refractivity contribution is -0.384. The number of esters is 1. The summed E-state index contributed by atoms with van der Waals surface area (Å²) in [6, 6.07) is 5.78. The van der Waals surface area contributed by atoms with Gasteiger partial charge in [-0.1, -0.05) is 6.42 Å². The molecule has 0 N–H and O–H groups in total. The Morgan fingerprint density at radius 1 is 1.19 bits per heavy atom. The Hall–Kier alpha value is -2.11. The molecule has 114 valence electrons. The lowest BCUT2D eigenvalue weighted by atomic mass is 9.98. The smallest absolute Gasteiger partial charge is 0.309 e. The SMILES string of the molecule is O=C(CCOc1ccc([N+](=O)[O-])cc1)OC1CCCCC1. The monoisotopic (exact) mass is 293 g/mol. The van der Waals surface area contributed by atoms with Gasteiger partial charge in [-0.15, -0.1) is 0 Å². The predicted molar refractivity (Wildman–Crippen MR) is 76.2 cm³/mol. The van der Waals surface area contributed by atoms with Gasteiger partial charge in [0.25, 0.3) is 5.69 Å². The zero-order chi connectivity index (χ0) is 15.1. The van der Waals surface area contributed by atoms with Gasteiger partial charge < -0.3 is 9.47 Å². The van der Waals surface area contributed by atoms with Crippen LogP contribution in [-0.4, -0.2) is 23.6 Å². The van der Waals surface area contributed by atoms with E-state index in [0.29, 0.717) is 5.75 Å². The van der Waals surface area contributed by atoms with Crippen molar-refractivity contribution in [2.24, 2.45) is 0 Å². The molecule has 1 aromatic carbocycles. The van der Waals surface area contributed by atoms with E-state index in [2.05, 4.69) is 0 Å². The fourth-order valence-electron chi connectivity index (χ4n) is 2.34. The lowest BCUT2D eigenvalue weighted by Gasteiger charge is -2.21. The number of nitro groups is 1. The van der Waals surface area contributed by atoms with Crippen LogP contribution < -0.4 is 4.74 Å². The molecule has 0 radical (unpaired) electrons. The molecule has 0 spiro atoms. The van der Waals surface area contributed by atoms with Crippen molar-refractivity contribution in [1.82, 2.24) is 0 Å². The maximum absolute atomic E-state index is 11.7. The van der Waals surface area contributed by atoms with Crippen molar-refractivity contribution in [3.8, 4) is 5.75 Å². The van der Waals surface area contributed by atoms with Gasteiger partial charge in [0.2, 0.25) is 0 Å². The van der Waals surface area contributed by atoms with Gasteiger partial charge >= 0.3 is 5.97 Å². The third-order valence-electron chi connectivity index (χ3n) is 3.47. The predicted octanol–water partition coefficient (Wildman–Crippen LogP) is 3.24. The lowest BCUT2D eigenvalue weighted by Crippen LogP contribution is -2.21. The van der Waals surface area contributed by atoms with E-state index < -0.39 is 4.92 Å². The zero-order valence-electron chi connectivity index (χ0n) is 11.8. The van der Waals surface area contributed by atoms with Crippen LogP contribution >= 0.6 is 0 Å². The summed E-state index contributed by atoms with van der Waals surface area (Å²) >= 11 is 0. The molecule has 0 bridgehead atoms. The molecular formula is C15H19NO5. The van der Waals surface area contributed by atoms with Gasteiger partial charge in [-0.3, -0.25) is 14.9 Å². The van der Waals surface area contributed by atoms with Gasteiger partial charge in [0.05, 0.1) is 18.0 Å². The summed E-state index contributed by atoms with van der Waals surface area (Å²) in [5, 5.41) is 10.5. The van der Waals surface area contributed by atoms with E-state index in [1.807, 2.05) is 0 Å². The van der Waals surface area contributed by atoms with Crippen molar-refractivity contribution in [2.75, 3.05) is 6.61 Å². The maximum atomic E-state index is 11.7. The molecule has 0 aromatic heterocycles. The van der Waals surface area contributed by atoms with Crippen molar-refractivity contribution in [2.45, 2.75) is 44.6 Å². The summed E-state index contributed by atoms with van der Waals surface area (Å²) in [5.74, 6) is 0.259. The van der Waals surface area contributed by atoms with Crippen molar-refractivity contribution >= 4 is 11.7 Å². The molecule has 0 unspecified atom stereocenters. The molecular weight excluding hydrogens is 274 g/mol. The molecule has 1 fully saturated rings. The highest BCUT2D eigenvalue weighted by Crippen LogP contribution is 2.21. The second-order valence-corrected chi connectivity index (χ2v) is 5.10. The van der Waals surface area contributed by atoms with Crippen LogP contribution in [0.5, 0.6) is 5.75 Å². The molecule has 1 aliphatic rings. The van der Waals surface area contributed by atoms with Gasteiger partial charge in [-0.05, 0) is 37.8 Å². The number of ether oxygens (including phenoxy) is 2. The van der Waals surface area contributed by atoms with Crippen molar-refractivity contribution in [1.29, 1.82) is 0 Å². The van der Waals surface area contributed by atoms with E-state index in [-0.39, 0.29) is 30.8 Å². The van der Waals surface area contributed by atoms with Crippen molar-refractivity contribution in [3.05, 3.63) is 34.4 Å². The van der Waals surface area contributed by atoms with Crippen LogP contribution in [0, 0.1) is 10.1 Å². The third-order valence-corrected chi connectivity index (χ3v) is 3.47. The van der Waals surface area contributed by atoms with E-state index in [4.69, 9.17) is 9.47 Å². The normalized spacial score (nSPS) is 15.4. The Bertz CT molecular complexity index is 479. The number of rotatable bonds is 6. The van der Waals surface area contributed by atoms with Crippen LogP contribution in [-0.2, 0) is 9.53 Å². The molecule has 1 saturated carbocycles. The quantitative estimate of drug-likeness (QED) is 0.457. The standard InChI is InChI=1S/C15H19NO5/c17-15(21-14-4-2-1-3-5-14)10-11-20-13-8-6-12(7-9-13)16(18)19/h6-9,14H,1-5,10-11H2. The summed E-state index contributed by atoms with van der Waals surface area (Å²) < 4.78 is 10.7. The fraction of sp³-hybridized carbons (Fsp3) is 0.533. The highest BCUT2D eigenvalue weighted by atomic mass is 16.6. The number of carbonyl (C=O) groups excluding carboxylic acids is 1. The molecule has 6 heteroatoms. The first-order chi connectivity index (χ1) is 10.1. The minimum Gasteiger partial charge on any atom is -0.493 e. The second kappa shape index (κ2) is 7.61. The minimum absolute atomic E-state index is 0.0130. The van der Waals surface area contributed by atoms with Crippen LogP contribution in [0.4, 0.5) is 5.69 Å². The topological polar surface area (TPSA) is 78.7 Å². The second-order valence-electron chi connectivity index (χ2n) is 5.10. The largest absolute Gasteiger partial charge is 0.493 e. The number of hydrogen-bond acceptors (Lipinski definition) is 5. The van der Waals surface area contributed by atoms with Gasteiger partial charge in [-0.25, -0.2) is 0 Å². The van der Waals surface area contributed by atoms with Crippen LogP contribution in [0.3, 0.4) is 0 Å². The van der Waals surface area contributed by atoms with Gasteiger partial charge in [0.15, 0.2) is 0 Å².